The molecule has 2 heterocycles. The van der Waals surface area contributed by atoms with Crippen LogP contribution in [0.25, 0.3) is 0 Å². The zero-order valence-corrected chi connectivity index (χ0v) is 19.1. The molecule has 0 spiro atoms. The maximum atomic E-state index is 13.3. The van der Waals surface area contributed by atoms with Gasteiger partial charge in [0.2, 0.25) is 5.91 Å². The van der Waals surface area contributed by atoms with E-state index < -0.39 is 11.6 Å². The van der Waals surface area contributed by atoms with Gasteiger partial charge in [0.05, 0.1) is 24.8 Å². The van der Waals surface area contributed by atoms with Gasteiger partial charge in [0.15, 0.2) is 5.82 Å². The van der Waals surface area contributed by atoms with E-state index in [0.29, 0.717) is 37.0 Å². The SMILES string of the molecule is CC(C)OC1=CC(=O)N(C(CC2CCCCC2)C(=O)Nc2ccn(CC(C)(C)O)n2)C1. The first kappa shape index (κ1) is 23.3. The second kappa shape index (κ2) is 9.85. The number of hydrogen-bond acceptors (Lipinski definition) is 5. The van der Waals surface area contributed by atoms with Crippen molar-refractivity contribution in [3.63, 3.8) is 0 Å². The fraction of sp³-hybridized carbons (Fsp3) is 0.696. The number of hydrogen-bond donors (Lipinski definition) is 2. The molecule has 0 bridgehead atoms. The number of carbonyl (C=O) groups is 2. The molecule has 8 nitrogen and oxygen atoms in total. The highest BCUT2D eigenvalue weighted by atomic mass is 16.5. The molecule has 1 aromatic heterocycles. The van der Waals surface area contributed by atoms with Crippen molar-refractivity contribution in [3.05, 3.63) is 24.1 Å². The van der Waals surface area contributed by atoms with Crippen molar-refractivity contribution in [1.82, 2.24) is 14.7 Å². The van der Waals surface area contributed by atoms with Gasteiger partial charge in [-0.05, 0) is 40.0 Å². The van der Waals surface area contributed by atoms with Gasteiger partial charge in [-0.15, -0.1) is 0 Å². The van der Waals surface area contributed by atoms with Gasteiger partial charge in [-0.3, -0.25) is 14.3 Å². The Labute approximate surface area is 184 Å². The standard InChI is InChI=1S/C23H36N4O4/c1-16(2)31-18-13-21(28)27(14-18)19(12-17-8-6-5-7-9-17)22(29)24-20-10-11-26(25-20)15-23(3,4)30/h10-11,13,16-17,19,30H,5-9,12,14-15H2,1-4H3,(H,24,25,29). The van der Waals surface area contributed by atoms with E-state index in [9.17, 15) is 14.7 Å². The van der Waals surface area contributed by atoms with Crippen LogP contribution >= 0.6 is 0 Å². The topological polar surface area (TPSA) is 96.7 Å². The third-order valence-electron chi connectivity index (χ3n) is 5.68. The Kier molecular flexibility index (Phi) is 7.41. The summed E-state index contributed by atoms with van der Waals surface area (Å²) >= 11 is 0. The number of aliphatic hydroxyl groups is 1. The van der Waals surface area contributed by atoms with E-state index in [1.165, 1.54) is 25.3 Å². The van der Waals surface area contributed by atoms with Gasteiger partial charge < -0.3 is 20.1 Å². The van der Waals surface area contributed by atoms with Crippen molar-refractivity contribution in [1.29, 1.82) is 0 Å². The normalized spacial score (nSPS) is 19.0. The lowest BCUT2D eigenvalue weighted by Crippen LogP contribution is -2.46. The van der Waals surface area contributed by atoms with Crippen LogP contribution in [0.5, 0.6) is 0 Å². The molecular weight excluding hydrogens is 396 g/mol. The highest BCUT2D eigenvalue weighted by molar-refractivity contribution is 5.99. The molecule has 1 aromatic rings. The molecule has 1 unspecified atom stereocenters. The summed E-state index contributed by atoms with van der Waals surface area (Å²) in [6.07, 6.45) is 9.61. The number of ether oxygens (including phenoxy) is 1. The van der Waals surface area contributed by atoms with Gasteiger partial charge >= 0.3 is 0 Å². The van der Waals surface area contributed by atoms with E-state index in [-0.39, 0.29) is 17.9 Å². The van der Waals surface area contributed by atoms with Crippen LogP contribution in [-0.2, 0) is 20.9 Å². The lowest BCUT2D eigenvalue weighted by atomic mass is 9.84. The molecule has 1 fully saturated rings. The molecule has 1 aliphatic carbocycles. The highest BCUT2D eigenvalue weighted by Gasteiger charge is 2.36. The number of amides is 2. The molecule has 0 aromatic carbocycles. The monoisotopic (exact) mass is 432 g/mol. The number of rotatable bonds is 9. The lowest BCUT2D eigenvalue weighted by molar-refractivity contribution is -0.134. The minimum Gasteiger partial charge on any atom is -0.493 e. The van der Waals surface area contributed by atoms with Crippen LogP contribution in [0.3, 0.4) is 0 Å². The molecule has 2 aliphatic rings. The molecule has 2 N–H and O–H groups in total. The Morgan fingerprint density at radius 1 is 1.32 bits per heavy atom. The number of carbonyl (C=O) groups excluding carboxylic acids is 2. The summed E-state index contributed by atoms with van der Waals surface area (Å²) in [6, 6.07) is 1.14. The molecule has 1 aliphatic heterocycles. The van der Waals surface area contributed by atoms with Gasteiger partial charge in [0, 0.05) is 18.3 Å². The second-order valence-electron chi connectivity index (χ2n) is 9.70. The van der Waals surface area contributed by atoms with Gasteiger partial charge in [-0.2, -0.15) is 5.10 Å². The van der Waals surface area contributed by atoms with Crippen LogP contribution in [0.4, 0.5) is 5.82 Å². The molecule has 1 atom stereocenters. The molecule has 1 saturated carbocycles. The summed E-state index contributed by atoms with van der Waals surface area (Å²) in [7, 11) is 0. The van der Waals surface area contributed by atoms with Gasteiger partial charge in [0.1, 0.15) is 11.8 Å². The third kappa shape index (κ3) is 6.82. The molecular formula is C23H36N4O4. The summed E-state index contributed by atoms with van der Waals surface area (Å²) in [6.45, 7) is 7.88. The molecule has 0 saturated heterocycles. The predicted octanol–water partition coefficient (Wildman–Crippen LogP) is 3.08. The summed E-state index contributed by atoms with van der Waals surface area (Å²) < 4.78 is 7.33. The van der Waals surface area contributed by atoms with E-state index in [4.69, 9.17) is 4.74 Å². The van der Waals surface area contributed by atoms with Crippen LogP contribution in [0.1, 0.15) is 66.2 Å². The number of nitrogens with zero attached hydrogens (tertiary/aromatic N) is 3. The average Bonchev–Trinajstić information content (AvgIpc) is 3.24. The Balaban J connectivity index is 1.71. The largest absolute Gasteiger partial charge is 0.493 e. The first-order valence-corrected chi connectivity index (χ1v) is 11.4. The zero-order valence-electron chi connectivity index (χ0n) is 19.1. The van der Waals surface area contributed by atoms with Gasteiger partial charge in [-0.1, -0.05) is 32.1 Å². The van der Waals surface area contributed by atoms with E-state index >= 15 is 0 Å². The van der Waals surface area contributed by atoms with Crippen molar-refractivity contribution in [2.24, 2.45) is 5.92 Å². The minimum absolute atomic E-state index is 0.0237. The van der Waals surface area contributed by atoms with E-state index in [0.717, 1.165) is 12.8 Å². The van der Waals surface area contributed by atoms with Crippen molar-refractivity contribution in [3.8, 4) is 0 Å². The Hall–Kier alpha value is -2.35. The summed E-state index contributed by atoms with van der Waals surface area (Å²) in [5, 5.41) is 17.2. The minimum atomic E-state index is -0.905. The zero-order chi connectivity index (χ0) is 22.6. The van der Waals surface area contributed by atoms with Crippen LogP contribution in [0, 0.1) is 5.92 Å². The lowest BCUT2D eigenvalue weighted by Gasteiger charge is -2.31. The van der Waals surface area contributed by atoms with Crippen LogP contribution in [-0.4, -0.2) is 55.9 Å². The van der Waals surface area contributed by atoms with Crippen LogP contribution in [0.2, 0.25) is 0 Å². The number of anilines is 1. The molecule has 0 radical (unpaired) electrons. The molecule has 3 rings (SSSR count). The first-order chi connectivity index (χ1) is 14.6. The van der Waals surface area contributed by atoms with Crippen LogP contribution in [0.15, 0.2) is 24.1 Å². The predicted molar refractivity (Wildman–Crippen MR) is 118 cm³/mol. The summed E-state index contributed by atoms with van der Waals surface area (Å²) in [5.74, 6) is 1.04. The first-order valence-electron chi connectivity index (χ1n) is 11.4. The molecule has 8 heteroatoms. The Morgan fingerprint density at radius 2 is 2.03 bits per heavy atom. The van der Waals surface area contributed by atoms with E-state index in [2.05, 4.69) is 10.4 Å². The van der Waals surface area contributed by atoms with Crippen molar-refractivity contribution < 1.29 is 19.4 Å². The summed E-state index contributed by atoms with van der Waals surface area (Å²) in [5.41, 5.74) is -0.905. The highest BCUT2D eigenvalue weighted by Crippen LogP contribution is 2.30. The Morgan fingerprint density at radius 3 is 2.68 bits per heavy atom. The quantitative estimate of drug-likeness (QED) is 0.625. The summed E-state index contributed by atoms with van der Waals surface area (Å²) in [4.78, 5) is 27.6. The molecule has 31 heavy (non-hydrogen) atoms. The Bertz CT molecular complexity index is 803. The van der Waals surface area contributed by atoms with Crippen molar-refractivity contribution in [2.45, 2.75) is 90.5 Å². The molecule has 2 amide bonds. The fourth-order valence-electron chi connectivity index (χ4n) is 4.39. The average molecular weight is 433 g/mol. The third-order valence-corrected chi connectivity index (χ3v) is 5.68. The number of nitrogens with one attached hydrogen (secondary N) is 1. The fourth-order valence-corrected chi connectivity index (χ4v) is 4.39. The maximum Gasteiger partial charge on any atom is 0.251 e. The second-order valence-corrected chi connectivity index (χ2v) is 9.70. The van der Waals surface area contributed by atoms with Crippen LogP contribution < -0.4 is 5.32 Å². The van der Waals surface area contributed by atoms with E-state index in [1.807, 2.05) is 13.8 Å². The van der Waals surface area contributed by atoms with Crippen molar-refractivity contribution in [2.75, 3.05) is 11.9 Å². The van der Waals surface area contributed by atoms with Crippen molar-refractivity contribution >= 4 is 17.6 Å². The maximum absolute atomic E-state index is 13.3. The number of aromatic nitrogens is 2. The smallest absolute Gasteiger partial charge is 0.251 e. The van der Waals surface area contributed by atoms with Gasteiger partial charge in [0.25, 0.3) is 5.91 Å². The van der Waals surface area contributed by atoms with Gasteiger partial charge in [-0.25, -0.2) is 0 Å². The molecule has 172 valence electrons. The van der Waals surface area contributed by atoms with E-state index in [1.54, 1.807) is 35.7 Å².